The zero-order valence-corrected chi connectivity index (χ0v) is 24.5. The third-order valence-corrected chi connectivity index (χ3v) is 5.71. The van der Waals surface area contributed by atoms with Gasteiger partial charge in [0, 0.05) is 24.7 Å². The van der Waals surface area contributed by atoms with E-state index in [-0.39, 0.29) is 45.0 Å². The smallest absolute Gasteiger partial charge is 0.334 e. The Kier molecular flexibility index (Phi) is 14.7. The Morgan fingerprint density at radius 1 is 0.628 bits per heavy atom. The Hall–Kier alpha value is -5.00. The first-order valence-electron chi connectivity index (χ1n) is 13.6. The number of rotatable bonds is 16. The van der Waals surface area contributed by atoms with E-state index >= 15 is 0 Å². The van der Waals surface area contributed by atoms with Crippen molar-refractivity contribution in [2.24, 2.45) is 0 Å². The molecule has 0 radical (unpaired) electrons. The summed E-state index contributed by atoms with van der Waals surface area (Å²) in [7, 11) is 0. The largest absolute Gasteiger partial charge is 0.465 e. The van der Waals surface area contributed by atoms with Gasteiger partial charge >= 0.3 is 23.9 Å². The maximum atomic E-state index is 12.8. The number of hydrogen-bond acceptors (Lipinski definition) is 10. The minimum absolute atomic E-state index is 0.0860. The summed E-state index contributed by atoms with van der Waals surface area (Å²) in [5.41, 5.74) is 1.33. The van der Waals surface area contributed by atoms with Gasteiger partial charge in [0.2, 0.25) is 0 Å². The molecule has 0 unspecified atom stereocenters. The van der Waals surface area contributed by atoms with Gasteiger partial charge in [-0.2, -0.15) is 0 Å². The van der Waals surface area contributed by atoms with Gasteiger partial charge in [-0.25, -0.2) is 9.59 Å². The molecule has 0 aromatic heterocycles. The van der Waals surface area contributed by atoms with E-state index in [1.165, 1.54) is 16.7 Å². The second-order valence-electron chi connectivity index (χ2n) is 9.09. The van der Waals surface area contributed by atoms with Gasteiger partial charge in [0.05, 0.1) is 13.2 Å². The SMILES string of the molecule is CCOC(=O)CN(Cc1ccccc1)C(=O)COC(=O)/C=C(\C)C(=O)OCC(=O)N(CC(=O)OCC)Cc1ccccc1. The van der Waals surface area contributed by atoms with Crippen LogP contribution in [0.3, 0.4) is 0 Å². The molecule has 0 saturated carbocycles. The van der Waals surface area contributed by atoms with Gasteiger partial charge in [0.15, 0.2) is 13.2 Å². The van der Waals surface area contributed by atoms with Crippen LogP contribution in [0.1, 0.15) is 31.9 Å². The molecule has 0 fully saturated rings. The standard InChI is InChI=1S/C31H36N2O10/c1-4-40-29(37)19-32(17-24-12-8-6-9-13-24)26(34)21-42-28(36)16-23(3)31(39)43-22-27(35)33(20-30(38)41-5-2)18-25-14-10-7-11-15-25/h6-16H,4-5,17-22H2,1-3H3/b23-16+. The van der Waals surface area contributed by atoms with Crippen LogP contribution in [0.15, 0.2) is 72.3 Å². The zero-order chi connectivity index (χ0) is 31.6. The first-order valence-corrected chi connectivity index (χ1v) is 13.6. The molecule has 2 aromatic rings. The highest BCUT2D eigenvalue weighted by molar-refractivity contribution is 5.97. The quantitative estimate of drug-likeness (QED) is 0.161. The molecule has 0 saturated heterocycles. The van der Waals surface area contributed by atoms with E-state index in [1.807, 2.05) is 12.1 Å². The molecular weight excluding hydrogens is 560 g/mol. The second kappa shape index (κ2) is 18.4. The summed E-state index contributed by atoms with van der Waals surface area (Å²) in [6, 6.07) is 17.8. The number of esters is 4. The van der Waals surface area contributed by atoms with Crippen LogP contribution in [0, 0.1) is 0 Å². The number of amides is 2. The van der Waals surface area contributed by atoms with Crippen molar-refractivity contribution < 1.29 is 47.7 Å². The number of ether oxygens (including phenoxy) is 4. The maximum absolute atomic E-state index is 12.8. The first-order chi connectivity index (χ1) is 20.6. The molecular formula is C31H36N2O10. The van der Waals surface area contributed by atoms with Crippen molar-refractivity contribution in [3.8, 4) is 0 Å². The molecule has 0 aliphatic rings. The Labute approximate surface area is 250 Å². The summed E-state index contributed by atoms with van der Waals surface area (Å²) in [5.74, 6) is -4.50. The fourth-order valence-corrected chi connectivity index (χ4v) is 3.63. The molecule has 2 amide bonds. The molecule has 43 heavy (non-hydrogen) atoms. The van der Waals surface area contributed by atoms with E-state index in [2.05, 4.69) is 0 Å². The van der Waals surface area contributed by atoms with Crippen LogP contribution in [0.5, 0.6) is 0 Å². The van der Waals surface area contributed by atoms with Gasteiger partial charge in [0.1, 0.15) is 13.1 Å². The van der Waals surface area contributed by atoms with Crippen molar-refractivity contribution in [3.05, 3.63) is 83.4 Å². The predicted molar refractivity (Wildman–Crippen MR) is 153 cm³/mol. The van der Waals surface area contributed by atoms with E-state index < -0.39 is 48.9 Å². The highest BCUT2D eigenvalue weighted by Crippen LogP contribution is 2.08. The molecule has 12 heteroatoms. The maximum Gasteiger partial charge on any atom is 0.334 e. The molecule has 2 aromatic carbocycles. The number of hydrogen-bond donors (Lipinski definition) is 0. The average molecular weight is 597 g/mol. The molecule has 12 nitrogen and oxygen atoms in total. The minimum Gasteiger partial charge on any atom is -0.465 e. The number of carbonyl (C=O) groups excluding carboxylic acids is 6. The molecule has 230 valence electrons. The van der Waals surface area contributed by atoms with Crippen LogP contribution in [0.4, 0.5) is 0 Å². The van der Waals surface area contributed by atoms with Gasteiger partial charge in [-0.3, -0.25) is 19.2 Å². The van der Waals surface area contributed by atoms with Crippen molar-refractivity contribution in [2.75, 3.05) is 39.5 Å². The van der Waals surface area contributed by atoms with Crippen molar-refractivity contribution in [2.45, 2.75) is 33.9 Å². The summed E-state index contributed by atoms with van der Waals surface area (Å²) < 4.78 is 19.9. The summed E-state index contributed by atoms with van der Waals surface area (Å²) in [6.07, 6.45) is 0.827. The van der Waals surface area contributed by atoms with Crippen molar-refractivity contribution in [1.29, 1.82) is 0 Å². The fraction of sp³-hybridized carbons (Fsp3) is 0.355. The fourth-order valence-electron chi connectivity index (χ4n) is 3.63. The van der Waals surface area contributed by atoms with Crippen molar-refractivity contribution >= 4 is 35.7 Å². The van der Waals surface area contributed by atoms with Crippen LogP contribution in [0.25, 0.3) is 0 Å². The summed E-state index contributed by atoms with van der Waals surface area (Å²) in [4.78, 5) is 76.7. The topological polar surface area (TPSA) is 146 Å². The molecule has 0 aliphatic heterocycles. The monoisotopic (exact) mass is 596 g/mol. The lowest BCUT2D eigenvalue weighted by atomic mass is 10.2. The van der Waals surface area contributed by atoms with E-state index in [0.29, 0.717) is 0 Å². The molecule has 2 rings (SSSR count). The Balaban J connectivity index is 1.94. The molecule has 0 bridgehead atoms. The number of carbonyl (C=O) groups is 6. The van der Waals surface area contributed by atoms with Crippen molar-refractivity contribution in [1.82, 2.24) is 9.80 Å². The highest BCUT2D eigenvalue weighted by Gasteiger charge is 2.22. The number of benzene rings is 2. The first kappa shape index (κ1) is 34.2. The van der Waals surface area contributed by atoms with Crippen LogP contribution in [0.2, 0.25) is 0 Å². The Morgan fingerprint density at radius 3 is 1.47 bits per heavy atom. The van der Waals surface area contributed by atoms with Gasteiger partial charge in [-0.05, 0) is 31.9 Å². The predicted octanol–water partition coefficient (Wildman–Crippen LogP) is 2.20. The molecule has 0 aliphatic carbocycles. The molecule has 0 N–H and O–H groups in total. The highest BCUT2D eigenvalue weighted by atomic mass is 16.5. The number of nitrogens with zero attached hydrogens (tertiary/aromatic N) is 2. The third kappa shape index (κ3) is 13.0. The van der Waals surface area contributed by atoms with E-state index in [1.54, 1.807) is 62.4 Å². The zero-order valence-electron chi connectivity index (χ0n) is 24.5. The van der Waals surface area contributed by atoms with Crippen LogP contribution < -0.4 is 0 Å². The summed E-state index contributed by atoms with van der Waals surface area (Å²) in [5, 5.41) is 0. The normalized spacial score (nSPS) is 10.7. The van der Waals surface area contributed by atoms with Gasteiger partial charge in [-0.15, -0.1) is 0 Å². The summed E-state index contributed by atoms with van der Waals surface area (Å²) >= 11 is 0. The Morgan fingerprint density at radius 2 is 1.05 bits per heavy atom. The molecule has 0 heterocycles. The van der Waals surface area contributed by atoms with E-state index in [4.69, 9.17) is 18.9 Å². The summed E-state index contributed by atoms with van der Waals surface area (Å²) in [6.45, 7) is 2.96. The average Bonchev–Trinajstić information content (AvgIpc) is 2.99. The second-order valence-corrected chi connectivity index (χ2v) is 9.09. The molecule has 0 atom stereocenters. The van der Waals surface area contributed by atoms with Crippen LogP contribution >= 0.6 is 0 Å². The van der Waals surface area contributed by atoms with E-state index in [9.17, 15) is 28.8 Å². The van der Waals surface area contributed by atoms with Crippen molar-refractivity contribution in [3.63, 3.8) is 0 Å². The minimum atomic E-state index is -1.00. The Bertz CT molecular complexity index is 1280. The lowest BCUT2D eigenvalue weighted by Crippen LogP contribution is -2.39. The van der Waals surface area contributed by atoms with Crippen LogP contribution in [-0.2, 0) is 60.8 Å². The lowest BCUT2D eigenvalue weighted by molar-refractivity contribution is -0.154. The van der Waals surface area contributed by atoms with Gasteiger partial charge in [-0.1, -0.05) is 60.7 Å². The van der Waals surface area contributed by atoms with Gasteiger partial charge in [0.25, 0.3) is 11.8 Å². The molecule has 0 spiro atoms. The van der Waals surface area contributed by atoms with Crippen LogP contribution in [-0.4, -0.2) is 85.0 Å². The lowest BCUT2D eigenvalue weighted by Gasteiger charge is -2.22. The van der Waals surface area contributed by atoms with Gasteiger partial charge < -0.3 is 28.7 Å². The van der Waals surface area contributed by atoms with E-state index in [0.717, 1.165) is 17.2 Å². The third-order valence-electron chi connectivity index (χ3n) is 5.71.